The molecule has 124 valence electrons. The van der Waals surface area contributed by atoms with E-state index < -0.39 is 0 Å². The second kappa shape index (κ2) is 7.30. The van der Waals surface area contributed by atoms with Crippen molar-refractivity contribution >= 4 is 23.2 Å². The van der Waals surface area contributed by atoms with Crippen LogP contribution >= 0.6 is 0 Å². The molecule has 2 aromatic carbocycles. The van der Waals surface area contributed by atoms with E-state index in [9.17, 15) is 9.59 Å². The molecule has 24 heavy (non-hydrogen) atoms. The van der Waals surface area contributed by atoms with Gasteiger partial charge in [0, 0.05) is 23.7 Å². The normalized spacial score (nSPS) is 13.4. The molecule has 2 aromatic rings. The first-order chi connectivity index (χ1) is 11.6. The zero-order chi connectivity index (χ0) is 16.9. The van der Waals surface area contributed by atoms with Crippen LogP contribution < -0.4 is 10.6 Å². The Morgan fingerprint density at radius 2 is 1.71 bits per heavy atom. The molecule has 0 unspecified atom stereocenters. The van der Waals surface area contributed by atoms with E-state index in [2.05, 4.69) is 16.7 Å². The molecule has 0 spiro atoms. The molecule has 1 aliphatic carbocycles. The lowest BCUT2D eigenvalue weighted by Crippen LogP contribution is -2.15. The van der Waals surface area contributed by atoms with E-state index in [1.54, 1.807) is 6.07 Å². The minimum absolute atomic E-state index is 0.0258. The SMILES string of the molecule is Cc1cccc(CCC(=O)Nc2cccc(NC(=O)C3CC3)c2)c1. The highest BCUT2D eigenvalue weighted by molar-refractivity contribution is 5.96. The Balaban J connectivity index is 1.53. The van der Waals surface area contributed by atoms with Crippen LogP contribution in [-0.2, 0) is 16.0 Å². The lowest BCUT2D eigenvalue weighted by atomic mass is 10.1. The minimum Gasteiger partial charge on any atom is -0.326 e. The molecule has 0 saturated heterocycles. The first kappa shape index (κ1) is 16.2. The van der Waals surface area contributed by atoms with Gasteiger partial charge >= 0.3 is 0 Å². The third kappa shape index (κ3) is 4.69. The number of anilines is 2. The van der Waals surface area contributed by atoms with Crippen molar-refractivity contribution in [1.82, 2.24) is 0 Å². The van der Waals surface area contributed by atoms with Gasteiger partial charge in [-0.15, -0.1) is 0 Å². The third-order valence-electron chi connectivity index (χ3n) is 4.09. The minimum atomic E-state index is -0.0258. The van der Waals surface area contributed by atoms with Gasteiger partial charge in [-0.25, -0.2) is 0 Å². The van der Waals surface area contributed by atoms with Crippen molar-refractivity contribution in [3.63, 3.8) is 0 Å². The molecule has 0 heterocycles. The van der Waals surface area contributed by atoms with Crippen molar-refractivity contribution in [1.29, 1.82) is 0 Å². The Morgan fingerprint density at radius 3 is 2.42 bits per heavy atom. The second-order valence-electron chi connectivity index (χ2n) is 6.38. The van der Waals surface area contributed by atoms with E-state index in [0.29, 0.717) is 18.5 Å². The fourth-order valence-corrected chi connectivity index (χ4v) is 2.61. The summed E-state index contributed by atoms with van der Waals surface area (Å²) in [7, 11) is 0. The first-order valence-electron chi connectivity index (χ1n) is 8.36. The van der Waals surface area contributed by atoms with Crippen LogP contribution in [0.2, 0.25) is 0 Å². The number of hydrogen-bond donors (Lipinski definition) is 2. The van der Waals surface area contributed by atoms with E-state index in [1.807, 2.05) is 43.3 Å². The summed E-state index contributed by atoms with van der Waals surface area (Å²) in [5.41, 5.74) is 3.80. The molecule has 4 heteroatoms. The summed E-state index contributed by atoms with van der Waals surface area (Å²) in [4.78, 5) is 23.9. The van der Waals surface area contributed by atoms with Crippen molar-refractivity contribution in [2.45, 2.75) is 32.6 Å². The van der Waals surface area contributed by atoms with E-state index in [1.165, 1.54) is 5.56 Å². The van der Waals surface area contributed by atoms with E-state index in [0.717, 1.165) is 24.1 Å². The van der Waals surface area contributed by atoms with Crippen molar-refractivity contribution in [2.75, 3.05) is 10.6 Å². The van der Waals surface area contributed by atoms with Crippen LogP contribution in [0.1, 0.15) is 30.4 Å². The smallest absolute Gasteiger partial charge is 0.227 e. The Kier molecular flexibility index (Phi) is 4.94. The largest absolute Gasteiger partial charge is 0.326 e. The van der Waals surface area contributed by atoms with Crippen LogP contribution in [0.3, 0.4) is 0 Å². The summed E-state index contributed by atoms with van der Waals surface area (Å²) in [6, 6.07) is 15.5. The van der Waals surface area contributed by atoms with Crippen molar-refractivity contribution in [3.05, 3.63) is 59.7 Å². The molecule has 1 saturated carbocycles. The molecular weight excluding hydrogens is 300 g/mol. The molecule has 0 radical (unpaired) electrons. The van der Waals surface area contributed by atoms with E-state index in [4.69, 9.17) is 0 Å². The number of rotatable bonds is 6. The van der Waals surface area contributed by atoms with Crippen LogP contribution in [0.4, 0.5) is 11.4 Å². The molecule has 1 aliphatic rings. The van der Waals surface area contributed by atoms with Gasteiger partial charge in [-0.1, -0.05) is 35.9 Å². The summed E-state index contributed by atoms with van der Waals surface area (Å²) < 4.78 is 0. The topological polar surface area (TPSA) is 58.2 Å². The number of aryl methyl sites for hydroxylation is 2. The Morgan fingerprint density at radius 1 is 1.00 bits per heavy atom. The molecule has 4 nitrogen and oxygen atoms in total. The van der Waals surface area contributed by atoms with Crippen molar-refractivity contribution < 1.29 is 9.59 Å². The molecule has 3 rings (SSSR count). The van der Waals surface area contributed by atoms with Gasteiger partial charge in [-0.3, -0.25) is 9.59 Å². The average molecular weight is 322 g/mol. The average Bonchev–Trinajstić information content (AvgIpc) is 3.38. The lowest BCUT2D eigenvalue weighted by Gasteiger charge is -2.09. The number of carbonyl (C=O) groups excluding carboxylic acids is 2. The number of benzene rings is 2. The molecule has 2 amide bonds. The van der Waals surface area contributed by atoms with Crippen LogP contribution in [0.5, 0.6) is 0 Å². The maximum atomic E-state index is 12.1. The standard InChI is InChI=1S/C20H22N2O2/c1-14-4-2-5-15(12-14)8-11-19(23)21-17-6-3-7-18(13-17)22-20(24)16-9-10-16/h2-7,12-13,16H,8-11H2,1H3,(H,21,23)(H,22,24). The zero-order valence-electron chi connectivity index (χ0n) is 13.8. The Bertz CT molecular complexity index is 751. The number of amides is 2. The fraction of sp³-hybridized carbons (Fsp3) is 0.300. The summed E-state index contributed by atoms with van der Waals surface area (Å²) in [6.45, 7) is 2.05. The van der Waals surface area contributed by atoms with Crippen LogP contribution in [-0.4, -0.2) is 11.8 Å². The highest BCUT2D eigenvalue weighted by Crippen LogP contribution is 2.30. The molecule has 0 atom stereocenters. The summed E-state index contributed by atoms with van der Waals surface area (Å²) in [5.74, 6) is 0.206. The lowest BCUT2D eigenvalue weighted by molar-refractivity contribution is -0.117. The van der Waals surface area contributed by atoms with Gasteiger partial charge < -0.3 is 10.6 Å². The Hall–Kier alpha value is -2.62. The second-order valence-corrected chi connectivity index (χ2v) is 6.38. The Labute approximate surface area is 142 Å². The predicted octanol–water partition coefficient (Wildman–Crippen LogP) is 3.91. The molecule has 0 aromatic heterocycles. The van der Waals surface area contributed by atoms with Gasteiger partial charge in [-0.2, -0.15) is 0 Å². The molecular formula is C20H22N2O2. The highest BCUT2D eigenvalue weighted by Gasteiger charge is 2.29. The first-order valence-corrected chi connectivity index (χ1v) is 8.36. The quantitative estimate of drug-likeness (QED) is 0.847. The van der Waals surface area contributed by atoms with Gasteiger partial charge in [0.25, 0.3) is 0 Å². The monoisotopic (exact) mass is 322 g/mol. The highest BCUT2D eigenvalue weighted by atomic mass is 16.2. The van der Waals surface area contributed by atoms with E-state index >= 15 is 0 Å². The van der Waals surface area contributed by atoms with Gasteiger partial charge in [-0.05, 0) is 49.9 Å². The number of nitrogens with one attached hydrogen (secondary N) is 2. The van der Waals surface area contributed by atoms with Gasteiger partial charge in [0.05, 0.1) is 0 Å². The predicted molar refractivity (Wildman–Crippen MR) is 95.9 cm³/mol. The summed E-state index contributed by atoms with van der Waals surface area (Å²) in [6.07, 6.45) is 3.09. The zero-order valence-corrected chi connectivity index (χ0v) is 13.8. The maximum absolute atomic E-state index is 12.1. The molecule has 0 aliphatic heterocycles. The third-order valence-corrected chi connectivity index (χ3v) is 4.09. The summed E-state index contributed by atoms with van der Waals surface area (Å²) >= 11 is 0. The van der Waals surface area contributed by atoms with Gasteiger partial charge in [0.1, 0.15) is 0 Å². The van der Waals surface area contributed by atoms with Crippen molar-refractivity contribution in [2.24, 2.45) is 5.92 Å². The molecule has 0 bridgehead atoms. The molecule has 2 N–H and O–H groups in total. The van der Waals surface area contributed by atoms with Crippen LogP contribution in [0.25, 0.3) is 0 Å². The number of carbonyl (C=O) groups is 2. The van der Waals surface area contributed by atoms with Gasteiger partial charge in [0.15, 0.2) is 0 Å². The fourth-order valence-electron chi connectivity index (χ4n) is 2.61. The van der Waals surface area contributed by atoms with Gasteiger partial charge in [0.2, 0.25) is 11.8 Å². The van der Waals surface area contributed by atoms with Crippen molar-refractivity contribution in [3.8, 4) is 0 Å². The number of hydrogen-bond acceptors (Lipinski definition) is 2. The maximum Gasteiger partial charge on any atom is 0.227 e. The summed E-state index contributed by atoms with van der Waals surface area (Å²) in [5, 5.41) is 5.79. The molecule has 1 fully saturated rings. The van der Waals surface area contributed by atoms with Crippen LogP contribution in [0, 0.1) is 12.8 Å². The van der Waals surface area contributed by atoms with E-state index in [-0.39, 0.29) is 17.7 Å². The van der Waals surface area contributed by atoms with Crippen LogP contribution in [0.15, 0.2) is 48.5 Å².